The van der Waals surface area contributed by atoms with Crippen molar-refractivity contribution in [2.24, 2.45) is 0 Å². The van der Waals surface area contributed by atoms with Crippen LogP contribution in [0.15, 0.2) is 48.5 Å². The maximum Gasteiger partial charge on any atom is 0.258 e. The van der Waals surface area contributed by atoms with Crippen LogP contribution in [-0.2, 0) is 14.4 Å². The number of rotatable bonds is 9. The molecule has 0 aromatic heterocycles. The average Bonchev–Trinajstić information content (AvgIpc) is 2.70. The molecule has 0 unspecified atom stereocenters. The van der Waals surface area contributed by atoms with Crippen LogP contribution >= 0.6 is 0 Å². The summed E-state index contributed by atoms with van der Waals surface area (Å²) in [5.74, 6) is 0.400. The minimum Gasteiger partial charge on any atom is -0.493 e. The number of carbonyl (C=O) groups is 3. The lowest BCUT2D eigenvalue weighted by molar-refractivity contribution is -0.123. The summed E-state index contributed by atoms with van der Waals surface area (Å²) in [7, 11) is 1.53. The van der Waals surface area contributed by atoms with Crippen LogP contribution in [0.3, 0.4) is 0 Å². The van der Waals surface area contributed by atoms with Gasteiger partial charge in [-0.25, -0.2) is 0 Å². The Morgan fingerprint density at radius 3 is 2.21 bits per heavy atom. The van der Waals surface area contributed by atoms with E-state index in [1.807, 2.05) is 6.07 Å². The van der Waals surface area contributed by atoms with Gasteiger partial charge >= 0.3 is 0 Å². The number of anilines is 2. The maximum atomic E-state index is 12.0. The standard InChI is InChI=1S/C21H25N3O5/c1-15(25)23-17-8-10-18(11-9-17)24(16(2)26)13-12-22-21(27)14-29-20-7-5-4-6-19(20)28-3/h4-11H,12-14H2,1-3H3,(H,22,27)(H,23,25). The third kappa shape index (κ3) is 6.84. The normalized spacial score (nSPS) is 10.0. The molecule has 3 amide bonds. The molecule has 0 fully saturated rings. The molecule has 0 spiro atoms. The topological polar surface area (TPSA) is 97.0 Å². The number of amides is 3. The third-order valence-electron chi connectivity index (χ3n) is 3.96. The van der Waals surface area contributed by atoms with Gasteiger partial charge in [-0.1, -0.05) is 12.1 Å². The zero-order valence-corrected chi connectivity index (χ0v) is 16.7. The zero-order chi connectivity index (χ0) is 21.2. The first kappa shape index (κ1) is 21.7. The minimum absolute atomic E-state index is 0.156. The van der Waals surface area contributed by atoms with Crippen LogP contribution in [0, 0.1) is 0 Å². The molecule has 0 aliphatic heterocycles. The van der Waals surface area contributed by atoms with Gasteiger partial charge in [0.2, 0.25) is 11.8 Å². The van der Waals surface area contributed by atoms with Crippen LogP contribution in [0.4, 0.5) is 11.4 Å². The van der Waals surface area contributed by atoms with E-state index in [9.17, 15) is 14.4 Å². The number of para-hydroxylation sites is 2. The van der Waals surface area contributed by atoms with Crippen molar-refractivity contribution in [3.8, 4) is 11.5 Å². The number of hydrogen-bond donors (Lipinski definition) is 2. The van der Waals surface area contributed by atoms with Crippen molar-refractivity contribution in [3.63, 3.8) is 0 Å². The fourth-order valence-corrected chi connectivity index (χ4v) is 2.64. The van der Waals surface area contributed by atoms with Crippen LogP contribution in [0.2, 0.25) is 0 Å². The van der Waals surface area contributed by atoms with E-state index in [-0.39, 0.29) is 30.9 Å². The van der Waals surface area contributed by atoms with E-state index < -0.39 is 0 Å². The summed E-state index contributed by atoms with van der Waals surface area (Å²) in [6.45, 7) is 3.28. The van der Waals surface area contributed by atoms with Gasteiger partial charge in [0.15, 0.2) is 18.1 Å². The van der Waals surface area contributed by atoms with Crippen molar-refractivity contribution >= 4 is 29.1 Å². The van der Waals surface area contributed by atoms with E-state index in [2.05, 4.69) is 10.6 Å². The first-order valence-corrected chi connectivity index (χ1v) is 9.09. The molecule has 8 nitrogen and oxygen atoms in total. The summed E-state index contributed by atoms with van der Waals surface area (Å²) < 4.78 is 10.6. The predicted octanol–water partition coefficient (Wildman–Crippen LogP) is 2.20. The smallest absolute Gasteiger partial charge is 0.258 e. The molecule has 0 radical (unpaired) electrons. The summed E-state index contributed by atoms with van der Waals surface area (Å²) in [6.07, 6.45) is 0. The van der Waals surface area contributed by atoms with Crippen molar-refractivity contribution in [1.82, 2.24) is 5.32 Å². The van der Waals surface area contributed by atoms with Crippen LogP contribution in [0.5, 0.6) is 11.5 Å². The van der Waals surface area contributed by atoms with Crippen LogP contribution < -0.4 is 25.0 Å². The fraction of sp³-hybridized carbons (Fsp3) is 0.286. The summed E-state index contributed by atoms with van der Waals surface area (Å²) in [5.41, 5.74) is 1.32. The Morgan fingerprint density at radius 1 is 0.966 bits per heavy atom. The molecular weight excluding hydrogens is 374 g/mol. The Kier molecular flexibility index (Phi) is 8.02. The molecule has 2 aromatic carbocycles. The summed E-state index contributed by atoms with van der Waals surface area (Å²) in [6, 6.07) is 14.0. The van der Waals surface area contributed by atoms with Crippen molar-refractivity contribution < 1.29 is 23.9 Å². The first-order valence-electron chi connectivity index (χ1n) is 9.09. The second-order valence-corrected chi connectivity index (χ2v) is 6.19. The molecule has 0 aliphatic rings. The van der Waals surface area contributed by atoms with Crippen LogP contribution in [0.1, 0.15) is 13.8 Å². The van der Waals surface area contributed by atoms with Crippen LogP contribution in [0.25, 0.3) is 0 Å². The van der Waals surface area contributed by atoms with Gasteiger partial charge in [-0.15, -0.1) is 0 Å². The molecule has 8 heteroatoms. The van der Waals surface area contributed by atoms with Crippen molar-refractivity contribution in [3.05, 3.63) is 48.5 Å². The lowest BCUT2D eigenvalue weighted by atomic mass is 10.2. The van der Waals surface area contributed by atoms with Gasteiger partial charge in [-0.2, -0.15) is 0 Å². The number of methoxy groups -OCH3 is 1. The number of ether oxygens (including phenoxy) is 2. The maximum absolute atomic E-state index is 12.0. The molecule has 29 heavy (non-hydrogen) atoms. The molecule has 0 aliphatic carbocycles. The molecular formula is C21H25N3O5. The lowest BCUT2D eigenvalue weighted by Crippen LogP contribution is -2.39. The molecule has 2 rings (SSSR count). The van der Waals surface area contributed by atoms with Gasteiger partial charge < -0.3 is 25.0 Å². The summed E-state index contributed by atoms with van der Waals surface area (Å²) >= 11 is 0. The van der Waals surface area contributed by atoms with E-state index in [1.165, 1.54) is 21.0 Å². The highest BCUT2D eigenvalue weighted by Crippen LogP contribution is 2.25. The molecule has 0 saturated heterocycles. The van der Waals surface area contributed by atoms with Gasteiger partial charge in [0.1, 0.15) is 0 Å². The number of nitrogens with one attached hydrogen (secondary N) is 2. The molecule has 2 N–H and O–H groups in total. The molecule has 0 bridgehead atoms. The summed E-state index contributed by atoms with van der Waals surface area (Å²) in [5, 5.41) is 5.40. The Labute approximate surface area is 169 Å². The molecule has 0 atom stereocenters. The Balaban J connectivity index is 1.85. The zero-order valence-electron chi connectivity index (χ0n) is 16.7. The third-order valence-corrected chi connectivity index (χ3v) is 3.96. The molecule has 0 heterocycles. The quantitative estimate of drug-likeness (QED) is 0.674. The van der Waals surface area contributed by atoms with Crippen molar-refractivity contribution in [2.45, 2.75) is 13.8 Å². The van der Waals surface area contributed by atoms with E-state index in [0.717, 1.165) is 0 Å². The average molecular weight is 399 g/mol. The number of benzene rings is 2. The van der Waals surface area contributed by atoms with Crippen molar-refractivity contribution in [1.29, 1.82) is 0 Å². The number of carbonyl (C=O) groups excluding carboxylic acids is 3. The van der Waals surface area contributed by atoms with Crippen molar-refractivity contribution in [2.75, 3.05) is 37.0 Å². The monoisotopic (exact) mass is 399 g/mol. The van der Waals surface area contributed by atoms with Gasteiger partial charge in [-0.05, 0) is 36.4 Å². The summed E-state index contributed by atoms with van der Waals surface area (Å²) in [4.78, 5) is 36.6. The largest absolute Gasteiger partial charge is 0.493 e. The van der Waals surface area contributed by atoms with Gasteiger partial charge in [0, 0.05) is 38.3 Å². The second-order valence-electron chi connectivity index (χ2n) is 6.19. The lowest BCUT2D eigenvalue weighted by Gasteiger charge is -2.21. The SMILES string of the molecule is COc1ccccc1OCC(=O)NCCN(C(C)=O)c1ccc(NC(C)=O)cc1. The highest BCUT2D eigenvalue weighted by Gasteiger charge is 2.12. The van der Waals surface area contributed by atoms with Gasteiger partial charge in [0.05, 0.1) is 7.11 Å². The molecule has 0 saturated carbocycles. The highest BCUT2D eigenvalue weighted by atomic mass is 16.5. The predicted molar refractivity (Wildman–Crippen MR) is 110 cm³/mol. The van der Waals surface area contributed by atoms with Gasteiger partial charge in [-0.3, -0.25) is 14.4 Å². The van der Waals surface area contributed by atoms with E-state index in [1.54, 1.807) is 47.4 Å². The number of nitrogens with zero attached hydrogens (tertiary/aromatic N) is 1. The minimum atomic E-state index is -0.305. The van der Waals surface area contributed by atoms with E-state index in [4.69, 9.17) is 9.47 Å². The van der Waals surface area contributed by atoms with Crippen LogP contribution in [-0.4, -0.2) is 44.5 Å². The Hall–Kier alpha value is -3.55. The number of hydrogen-bond acceptors (Lipinski definition) is 5. The first-order chi connectivity index (χ1) is 13.9. The second kappa shape index (κ2) is 10.7. The highest BCUT2D eigenvalue weighted by molar-refractivity contribution is 5.93. The Morgan fingerprint density at radius 2 is 1.62 bits per heavy atom. The Bertz CT molecular complexity index is 852. The van der Waals surface area contributed by atoms with Gasteiger partial charge in [0.25, 0.3) is 5.91 Å². The van der Waals surface area contributed by atoms with E-state index >= 15 is 0 Å². The molecule has 2 aromatic rings. The fourth-order valence-electron chi connectivity index (χ4n) is 2.64. The van der Waals surface area contributed by atoms with E-state index in [0.29, 0.717) is 29.4 Å². The molecule has 154 valence electrons.